The molecular formula is C11H16. The number of allylic oxidation sites excluding steroid dienone is 4. The van der Waals surface area contributed by atoms with Gasteiger partial charge in [0.15, 0.2) is 0 Å². The number of hydrogen-bond acceptors (Lipinski definition) is 0. The highest BCUT2D eigenvalue weighted by Gasteiger charge is 2.24. The average molecular weight is 148 g/mol. The fourth-order valence-electron chi connectivity index (χ4n) is 2.41. The zero-order valence-electron chi connectivity index (χ0n) is 7.22. The molecule has 2 atom stereocenters. The van der Waals surface area contributed by atoms with Crippen molar-refractivity contribution in [3.05, 3.63) is 23.8 Å². The van der Waals surface area contributed by atoms with Crippen LogP contribution < -0.4 is 0 Å². The normalized spacial score (nSPS) is 36.3. The van der Waals surface area contributed by atoms with Gasteiger partial charge in [-0.1, -0.05) is 23.8 Å². The number of hydrogen-bond donors (Lipinski definition) is 0. The molecule has 0 saturated carbocycles. The van der Waals surface area contributed by atoms with E-state index in [-0.39, 0.29) is 0 Å². The van der Waals surface area contributed by atoms with Gasteiger partial charge < -0.3 is 0 Å². The van der Waals surface area contributed by atoms with Gasteiger partial charge in [-0.2, -0.15) is 0 Å². The quantitative estimate of drug-likeness (QED) is 0.500. The summed E-state index contributed by atoms with van der Waals surface area (Å²) in [5.41, 5.74) is 1.64. The third-order valence-corrected chi connectivity index (χ3v) is 3.10. The van der Waals surface area contributed by atoms with Crippen molar-refractivity contribution < 1.29 is 0 Å². The van der Waals surface area contributed by atoms with Crippen LogP contribution in [-0.4, -0.2) is 0 Å². The molecule has 0 heterocycles. The second-order valence-electron chi connectivity index (χ2n) is 3.80. The van der Waals surface area contributed by atoms with Gasteiger partial charge in [0.1, 0.15) is 0 Å². The fraction of sp³-hybridized carbons (Fsp3) is 0.636. The van der Waals surface area contributed by atoms with Crippen LogP contribution in [0.2, 0.25) is 0 Å². The lowest BCUT2D eigenvalue weighted by atomic mass is 9.87. The summed E-state index contributed by atoms with van der Waals surface area (Å²) in [7, 11) is 0. The van der Waals surface area contributed by atoms with E-state index in [1.54, 1.807) is 5.57 Å². The maximum absolute atomic E-state index is 2.42. The molecule has 0 aromatic rings. The Balaban J connectivity index is 2.04. The highest BCUT2D eigenvalue weighted by atomic mass is 14.3. The highest BCUT2D eigenvalue weighted by molar-refractivity contribution is 5.15. The van der Waals surface area contributed by atoms with E-state index >= 15 is 0 Å². The SMILES string of the molecule is CC1=CCC[C@@H]1[C@H]1C=CCC1. The molecule has 11 heavy (non-hydrogen) atoms. The van der Waals surface area contributed by atoms with Crippen LogP contribution in [0.1, 0.15) is 32.6 Å². The van der Waals surface area contributed by atoms with E-state index in [1.165, 1.54) is 25.7 Å². The first-order valence-electron chi connectivity index (χ1n) is 4.71. The highest BCUT2D eigenvalue weighted by Crippen LogP contribution is 2.37. The second-order valence-corrected chi connectivity index (χ2v) is 3.80. The van der Waals surface area contributed by atoms with Crippen LogP contribution in [0.25, 0.3) is 0 Å². The van der Waals surface area contributed by atoms with Crippen LogP contribution >= 0.6 is 0 Å². The van der Waals surface area contributed by atoms with E-state index < -0.39 is 0 Å². The molecule has 0 N–H and O–H groups in total. The van der Waals surface area contributed by atoms with Gasteiger partial charge in [-0.05, 0) is 44.4 Å². The van der Waals surface area contributed by atoms with Crippen LogP contribution in [0.4, 0.5) is 0 Å². The summed E-state index contributed by atoms with van der Waals surface area (Å²) in [6, 6.07) is 0. The van der Waals surface area contributed by atoms with Crippen molar-refractivity contribution in [3.63, 3.8) is 0 Å². The second kappa shape index (κ2) is 2.84. The lowest BCUT2D eigenvalue weighted by Crippen LogP contribution is -2.08. The van der Waals surface area contributed by atoms with Gasteiger partial charge in [0.25, 0.3) is 0 Å². The predicted molar refractivity (Wildman–Crippen MR) is 48.3 cm³/mol. The van der Waals surface area contributed by atoms with E-state index in [2.05, 4.69) is 25.2 Å². The summed E-state index contributed by atoms with van der Waals surface area (Å²) in [6.45, 7) is 2.30. The molecular weight excluding hydrogens is 132 g/mol. The number of rotatable bonds is 1. The molecule has 0 radical (unpaired) electrons. The monoisotopic (exact) mass is 148 g/mol. The van der Waals surface area contributed by atoms with E-state index in [9.17, 15) is 0 Å². The summed E-state index contributed by atoms with van der Waals surface area (Å²) in [4.78, 5) is 0. The zero-order valence-corrected chi connectivity index (χ0v) is 7.22. The van der Waals surface area contributed by atoms with Crippen LogP contribution in [0.3, 0.4) is 0 Å². The molecule has 0 aromatic carbocycles. The molecule has 0 heteroatoms. The Labute approximate surface area is 69.0 Å². The first-order chi connectivity index (χ1) is 5.38. The minimum absolute atomic E-state index is 0.883. The third kappa shape index (κ3) is 1.26. The summed E-state index contributed by atoms with van der Waals surface area (Å²) in [5, 5.41) is 0. The van der Waals surface area contributed by atoms with Gasteiger partial charge in [0, 0.05) is 0 Å². The van der Waals surface area contributed by atoms with Gasteiger partial charge in [0.05, 0.1) is 0 Å². The van der Waals surface area contributed by atoms with Crippen LogP contribution in [0, 0.1) is 11.8 Å². The van der Waals surface area contributed by atoms with Crippen molar-refractivity contribution in [2.24, 2.45) is 11.8 Å². The van der Waals surface area contributed by atoms with Crippen molar-refractivity contribution in [1.82, 2.24) is 0 Å². The Hall–Kier alpha value is -0.520. The molecule has 0 fully saturated rings. The van der Waals surface area contributed by atoms with E-state index in [0.717, 1.165) is 11.8 Å². The van der Waals surface area contributed by atoms with Crippen LogP contribution in [0.15, 0.2) is 23.8 Å². The predicted octanol–water partition coefficient (Wildman–Crippen LogP) is 3.31. The summed E-state index contributed by atoms with van der Waals surface area (Å²) in [5.74, 6) is 1.78. The first-order valence-corrected chi connectivity index (χ1v) is 4.71. The Bertz CT molecular complexity index is 198. The molecule has 0 bridgehead atoms. The van der Waals surface area contributed by atoms with Crippen molar-refractivity contribution >= 4 is 0 Å². The standard InChI is InChI=1S/C11H16/c1-9-5-4-8-11(9)10-6-2-3-7-10/h2,5-6,10-11H,3-4,7-8H2,1H3/t10-,11-/m0/s1. The van der Waals surface area contributed by atoms with Crippen molar-refractivity contribution in [2.45, 2.75) is 32.6 Å². The molecule has 0 amide bonds. The van der Waals surface area contributed by atoms with Crippen molar-refractivity contribution in [3.8, 4) is 0 Å². The largest absolute Gasteiger partial charge is 0.0882 e. The van der Waals surface area contributed by atoms with E-state index in [0.29, 0.717) is 0 Å². The summed E-state index contributed by atoms with van der Waals surface area (Å²) in [6.07, 6.45) is 12.6. The lowest BCUT2D eigenvalue weighted by Gasteiger charge is -2.17. The molecule has 0 aromatic heterocycles. The smallest absolute Gasteiger partial charge is 0.0140 e. The van der Waals surface area contributed by atoms with Gasteiger partial charge in [0.2, 0.25) is 0 Å². The summed E-state index contributed by atoms with van der Waals surface area (Å²) >= 11 is 0. The molecule has 60 valence electrons. The molecule has 0 spiro atoms. The minimum atomic E-state index is 0.883. The Kier molecular flexibility index (Phi) is 1.85. The van der Waals surface area contributed by atoms with Gasteiger partial charge in [-0.3, -0.25) is 0 Å². The third-order valence-electron chi connectivity index (χ3n) is 3.10. The van der Waals surface area contributed by atoms with Gasteiger partial charge >= 0.3 is 0 Å². The Morgan fingerprint density at radius 2 is 2.18 bits per heavy atom. The molecule has 0 unspecified atom stereocenters. The van der Waals surface area contributed by atoms with Crippen molar-refractivity contribution in [2.75, 3.05) is 0 Å². The average Bonchev–Trinajstić information content (AvgIpc) is 2.55. The van der Waals surface area contributed by atoms with Gasteiger partial charge in [-0.15, -0.1) is 0 Å². The van der Waals surface area contributed by atoms with E-state index in [4.69, 9.17) is 0 Å². The summed E-state index contributed by atoms with van der Waals surface area (Å²) < 4.78 is 0. The molecule has 0 aliphatic heterocycles. The Morgan fingerprint density at radius 3 is 2.73 bits per heavy atom. The minimum Gasteiger partial charge on any atom is -0.0882 e. The molecule has 2 rings (SSSR count). The Morgan fingerprint density at radius 1 is 1.27 bits per heavy atom. The molecule has 0 saturated heterocycles. The fourth-order valence-corrected chi connectivity index (χ4v) is 2.41. The first kappa shape index (κ1) is 7.15. The van der Waals surface area contributed by atoms with Crippen molar-refractivity contribution in [1.29, 1.82) is 0 Å². The van der Waals surface area contributed by atoms with Crippen LogP contribution in [-0.2, 0) is 0 Å². The van der Waals surface area contributed by atoms with E-state index in [1.807, 2.05) is 0 Å². The zero-order chi connectivity index (χ0) is 7.68. The maximum Gasteiger partial charge on any atom is -0.0140 e. The molecule has 2 aliphatic carbocycles. The van der Waals surface area contributed by atoms with Gasteiger partial charge in [-0.25, -0.2) is 0 Å². The molecule has 2 aliphatic rings. The topological polar surface area (TPSA) is 0 Å². The molecule has 0 nitrogen and oxygen atoms in total. The lowest BCUT2D eigenvalue weighted by molar-refractivity contribution is 0.442. The van der Waals surface area contributed by atoms with Crippen LogP contribution in [0.5, 0.6) is 0 Å². The maximum atomic E-state index is 2.42.